The Morgan fingerprint density at radius 2 is 1.88 bits per heavy atom. The first-order chi connectivity index (χ1) is 16.2. The highest BCUT2D eigenvalue weighted by molar-refractivity contribution is 5.98. The minimum atomic E-state index is -4.54. The maximum atomic E-state index is 13.9. The maximum Gasteiger partial charge on any atom is 0.416 e. The van der Waals surface area contributed by atoms with Gasteiger partial charge >= 0.3 is 18.1 Å². The number of urea groups is 1. The smallest absolute Gasteiger partial charge is 0.312 e. The number of aromatic nitrogens is 4. The molecule has 3 N–H and O–H groups in total. The number of aromatic amines is 1. The Balaban J connectivity index is 1.38. The fourth-order valence-corrected chi connectivity index (χ4v) is 3.05. The summed E-state index contributed by atoms with van der Waals surface area (Å²) in [6, 6.07) is 9.74. The fraction of sp³-hybridized carbons (Fsp3) is 0.0952. The van der Waals surface area contributed by atoms with E-state index in [1.54, 1.807) is 24.3 Å². The van der Waals surface area contributed by atoms with Gasteiger partial charge < -0.3 is 10.3 Å². The average molecular weight is 475 g/mol. The van der Waals surface area contributed by atoms with Gasteiger partial charge in [0.15, 0.2) is 0 Å². The molecule has 2 heterocycles. The lowest BCUT2D eigenvalue weighted by atomic mass is 10.1. The number of halogens is 4. The van der Waals surface area contributed by atoms with Gasteiger partial charge in [0.05, 0.1) is 11.9 Å². The summed E-state index contributed by atoms with van der Waals surface area (Å²) in [6.07, 6.45) is -2.20. The molecular formula is C21H15F4N6O3+. The van der Waals surface area contributed by atoms with Crippen molar-refractivity contribution < 1.29 is 31.6 Å². The number of anilines is 2. The summed E-state index contributed by atoms with van der Waals surface area (Å²) in [6.45, 7) is 0.215. The summed E-state index contributed by atoms with van der Waals surface area (Å²) in [7, 11) is 0. The number of nitrogens with zero attached hydrogens (tertiary/aromatic N) is 3. The molecule has 0 fully saturated rings. The van der Waals surface area contributed by atoms with E-state index in [4.69, 9.17) is 4.52 Å². The number of benzene rings is 2. The summed E-state index contributed by atoms with van der Waals surface area (Å²) >= 11 is 0. The summed E-state index contributed by atoms with van der Waals surface area (Å²) in [5.74, 6) is -0.938. The van der Waals surface area contributed by atoms with Crippen LogP contribution in [0.5, 0.6) is 0 Å². The van der Waals surface area contributed by atoms with Gasteiger partial charge in [-0.25, -0.2) is 9.78 Å². The molecule has 0 aliphatic rings. The van der Waals surface area contributed by atoms with Gasteiger partial charge in [0, 0.05) is 11.3 Å². The quantitative estimate of drug-likeness (QED) is 0.232. The normalized spacial score (nSPS) is 11.3. The summed E-state index contributed by atoms with van der Waals surface area (Å²) in [5, 5.41) is 8.36. The largest absolute Gasteiger partial charge is 0.416 e. The van der Waals surface area contributed by atoms with Crippen LogP contribution in [0.4, 0.5) is 33.9 Å². The standard InChI is InChI=1S/C21H14F4N6O3/c22-18-17(19(32)27-11-26-18)13-6-4-12(5-7-13)9-31-10-16(34-30-31)29-20(33)28-15-3-1-2-14(8-15)21(23,24)25/h1-8,10-11H,9H2,(H2-,26,27,28,29,30,32,33)/p+1. The summed E-state index contributed by atoms with van der Waals surface area (Å²) < 4.78 is 58.6. The molecule has 4 aromatic rings. The van der Waals surface area contributed by atoms with E-state index in [0.717, 1.165) is 24.0 Å². The first kappa shape index (κ1) is 22.6. The number of nitrogens with one attached hydrogen (secondary N) is 3. The summed E-state index contributed by atoms with van der Waals surface area (Å²) in [5.41, 5.74) is -0.669. The van der Waals surface area contributed by atoms with E-state index in [1.165, 1.54) is 23.0 Å². The van der Waals surface area contributed by atoms with Crippen molar-refractivity contribution in [1.29, 1.82) is 0 Å². The third kappa shape index (κ3) is 5.26. The van der Waals surface area contributed by atoms with Crippen LogP contribution in [0.3, 0.4) is 0 Å². The topological polar surface area (TPSA) is 117 Å². The molecule has 9 nitrogen and oxygen atoms in total. The molecule has 0 radical (unpaired) electrons. The summed E-state index contributed by atoms with van der Waals surface area (Å²) in [4.78, 5) is 29.7. The molecule has 0 aliphatic carbocycles. The van der Waals surface area contributed by atoms with Crippen LogP contribution in [0.25, 0.3) is 11.1 Å². The zero-order valence-corrected chi connectivity index (χ0v) is 17.1. The third-order valence-corrected chi connectivity index (χ3v) is 4.59. The molecule has 0 spiro atoms. The van der Waals surface area contributed by atoms with Crippen LogP contribution in [-0.4, -0.2) is 21.3 Å². The number of rotatable bonds is 5. The van der Waals surface area contributed by atoms with E-state index < -0.39 is 29.3 Å². The Labute approximate surface area is 188 Å². The first-order valence-corrected chi connectivity index (χ1v) is 9.63. The number of hydrogen-bond acceptors (Lipinski definition) is 5. The van der Waals surface area contributed by atoms with E-state index in [9.17, 15) is 27.2 Å². The Kier molecular flexibility index (Phi) is 6.08. The van der Waals surface area contributed by atoms with Gasteiger partial charge in [-0.3, -0.25) is 14.6 Å². The van der Waals surface area contributed by atoms with Crippen LogP contribution in [0, 0.1) is 5.95 Å². The number of hydrogen-bond donors (Lipinski definition) is 3. The van der Waals surface area contributed by atoms with Crippen molar-refractivity contribution in [2.45, 2.75) is 12.7 Å². The number of carbonyl (C=O) groups is 1. The van der Waals surface area contributed by atoms with Gasteiger partial charge in [0.2, 0.25) is 17.8 Å². The van der Waals surface area contributed by atoms with Crippen molar-refractivity contribution >= 4 is 17.6 Å². The van der Waals surface area contributed by atoms with Gasteiger partial charge in [0.25, 0.3) is 11.8 Å². The predicted molar refractivity (Wildman–Crippen MR) is 110 cm³/mol. The Bertz CT molecular complexity index is 1380. The van der Waals surface area contributed by atoms with Crippen LogP contribution in [0.2, 0.25) is 0 Å². The molecular weight excluding hydrogens is 460 g/mol. The third-order valence-electron chi connectivity index (χ3n) is 4.59. The Hall–Kier alpha value is -4.55. The van der Waals surface area contributed by atoms with Gasteiger partial charge in [-0.05, 0) is 28.4 Å². The number of H-pyrrole nitrogens is 1. The molecule has 0 saturated heterocycles. The molecule has 0 atom stereocenters. The molecule has 2 aromatic heterocycles. The monoisotopic (exact) mass is 475 g/mol. The zero-order valence-electron chi connectivity index (χ0n) is 17.1. The molecule has 0 bridgehead atoms. The van der Waals surface area contributed by atoms with E-state index in [1.807, 2.05) is 0 Å². The lowest BCUT2D eigenvalue weighted by molar-refractivity contribution is -0.754. The first-order valence-electron chi connectivity index (χ1n) is 9.63. The van der Waals surface area contributed by atoms with Gasteiger partial charge in [-0.15, -0.1) is 0 Å². The van der Waals surface area contributed by atoms with Gasteiger partial charge in [0.1, 0.15) is 5.56 Å². The van der Waals surface area contributed by atoms with Crippen molar-refractivity contribution in [2.24, 2.45) is 0 Å². The van der Waals surface area contributed by atoms with Gasteiger partial charge in [-0.1, -0.05) is 30.3 Å². The highest BCUT2D eigenvalue weighted by Crippen LogP contribution is 2.30. The van der Waals surface area contributed by atoms with Crippen molar-refractivity contribution in [2.75, 3.05) is 10.6 Å². The molecule has 2 aromatic carbocycles. The highest BCUT2D eigenvalue weighted by atomic mass is 19.4. The molecule has 4 rings (SSSR count). The van der Waals surface area contributed by atoms with Crippen molar-refractivity contribution in [1.82, 2.24) is 15.2 Å². The molecule has 0 unspecified atom stereocenters. The average Bonchev–Trinajstić information content (AvgIpc) is 3.21. The lowest BCUT2D eigenvalue weighted by Crippen LogP contribution is -2.35. The Morgan fingerprint density at radius 3 is 2.59 bits per heavy atom. The maximum absolute atomic E-state index is 13.9. The van der Waals surface area contributed by atoms with Crippen LogP contribution in [0.1, 0.15) is 11.1 Å². The van der Waals surface area contributed by atoms with Crippen LogP contribution in [-0.2, 0) is 12.7 Å². The molecule has 13 heteroatoms. The SMILES string of the molecule is O=C(Nc1cccc(C(F)(F)F)c1)Nc1c[n+](Cc2ccc(-c3c(F)nc[nH]c3=O)cc2)no1. The number of amides is 2. The molecule has 0 saturated carbocycles. The second kappa shape index (κ2) is 9.13. The van der Waals surface area contributed by atoms with Crippen LogP contribution >= 0.6 is 0 Å². The number of alkyl halides is 3. The van der Waals surface area contributed by atoms with Crippen molar-refractivity contribution in [3.63, 3.8) is 0 Å². The fourth-order valence-electron chi connectivity index (χ4n) is 3.05. The van der Waals surface area contributed by atoms with Crippen LogP contribution in [0.15, 0.2) is 70.4 Å². The van der Waals surface area contributed by atoms with Crippen LogP contribution < -0.4 is 20.9 Å². The predicted octanol–water partition coefficient (Wildman–Crippen LogP) is 3.56. The van der Waals surface area contributed by atoms with E-state index in [0.29, 0.717) is 5.56 Å². The molecule has 34 heavy (non-hydrogen) atoms. The van der Waals surface area contributed by atoms with E-state index in [-0.39, 0.29) is 23.7 Å². The van der Waals surface area contributed by atoms with E-state index >= 15 is 0 Å². The minimum Gasteiger partial charge on any atom is -0.312 e. The minimum absolute atomic E-state index is 0.0509. The van der Waals surface area contributed by atoms with Gasteiger partial charge in [-0.2, -0.15) is 17.6 Å². The second-order valence-corrected chi connectivity index (χ2v) is 7.02. The molecule has 174 valence electrons. The lowest BCUT2D eigenvalue weighted by Gasteiger charge is -2.09. The Morgan fingerprint density at radius 1 is 1.12 bits per heavy atom. The van der Waals surface area contributed by atoms with Crippen molar-refractivity contribution in [3.8, 4) is 11.1 Å². The molecule has 2 amide bonds. The zero-order chi connectivity index (χ0) is 24.3. The van der Waals surface area contributed by atoms with Crippen molar-refractivity contribution in [3.05, 3.63) is 88.5 Å². The highest BCUT2D eigenvalue weighted by Gasteiger charge is 2.30. The molecule has 0 aliphatic heterocycles. The van der Waals surface area contributed by atoms with E-state index in [2.05, 4.69) is 25.9 Å². The second-order valence-electron chi connectivity index (χ2n) is 7.02. The number of carbonyl (C=O) groups excluding carboxylic acids is 1.